The van der Waals surface area contributed by atoms with Gasteiger partial charge >= 0.3 is 0 Å². The first-order valence-electron chi connectivity index (χ1n) is 7.42. The number of thiazole rings is 1. The number of amidine groups is 1. The Hall–Kier alpha value is -2.74. The molecule has 0 amide bonds. The average molecular weight is 342 g/mol. The minimum absolute atomic E-state index is 0.528. The summed E-state index contributed by atoms with van der Waals surface area (Å²) in [6, 6.07) is 6.13. The third kappa shape index (κ3) is 3.60. The Morgan fingerprint density at radius 2 is 2.12 bits per heavy atom. The van der Waals surface area contributed by atoms with Gasteiger partial charge in [-0.25, -0.2) is 9.61 Å². The molecule has 3 rings (SSSR count). The number of nitrogens with zero attached hydrogens (tertiary/aromatic N) is 4. The number of aromatic nitrogens is 3. The van der Waals surface area contributed by atoms with E-state index < -0.39 is 0 Å². The first-order chi connectivity index (χ1) is 11.7. The Morgan fingerprint density at radius 1 is 1.25 bits per heavy atom. The molecular weight excluding hydrogens is 324 g/mol. The predicted octanol–water partition coefficient (Wildman–Crippen LogP) is 3.24. The number of nitrogens with one attached hydrogen (secondary N) is 2. The van der Waals surface area contributed by atoms with Crippen molar-refractivity contribution >= 4 is 28.7 Å². The molecule has 0 saturated carbocycles. The number of anilines is 2. The molecule has 8 heteroatoms. The second-order valence-electron chi connectivity index (χ2n) is 5.29. The van der Waals surface area contributed by atoms with Crippen LogP contribution in [0.3, 0.4) is 0 Å². The monoisotopic (exact) mass is 342 g/mol. The molecule has 1 aromatic carbocycles. The summed E-state index contributed by atoms with van der Waals surface area (Å²) >= 11 is 1.55. The summed E-state index contributed by atoms with van der Waals surface area (Å²) in [7, 11) is 1.70. The zero-order valence-electron chi connectivity index (χ0n) is 13.7. The van der Waals surface area contributed by atoms with Gasteiger partial charge in [0, 0.05) is 18.1 Å². The Kier molecular flexibility index (Phi) is 4.85. The number of hydrogen-bond donors (Lipinski definition) is 2. The van der Waals surface area contributed by atoms with Crippen molar-refractivity contribution in [1.29, 1.82) is 0 Å². The summed E-state index contributed by atoms with van der Waals surface area (Å²) in [6.45, 7) is 4.70. The molecule has 2 heterocycles. The van der Waals surface area contributed by atoms with Crippen LogP contribution in [0.1, 0.15) is 22.5 Å². The summed E-state index contributed by atoms with van der Waals surface area (Å²) in [6.07, 6.45) is 0. The molecule has 0 spiro atoms. The molecule has 0 radical (unpaired) electrons. The van der Waals surface area contributed by atoms with Crippen LogP contribution in [-0.4, -0.2) is 28.2 Å². The summed E-state index contributed by atoms with van der Waals surface area (Å²) in [5.74, 6) is 1.11. The van der Waals surface area contributed by atoms with Crippen molar-refractivity contribution in [1.82, 2.24) is 15.3 Å². The van der Waals surface area contributed by atoms with E-state index in [-0.39, 0.29) is 0 Å². The number of benzene rings is 1. The topological polar surface area (TPSA) is 88.2 Å². The molecule has 0 atom stereocenters. The molecule has 2 N–H and O–H groups in total. The van der Waals surface area contributed by atoms with E-state index >= 15 is 0 Å². The lowest BCUT2D eigenvalue weighted by atomic mass is 10.1. The maximum Gasteiger partial charge on any atom is 0.202 e. The number of aliphatic imine (C=N–C) groups is 1. The highest BCUT2D eigenvalue weighted by atomic mass is 32.1. The highest BCUT2D eigenvalue weighted by Crippen LogP contribution is 2.18. The van der Waals surface area contributed by atoms with E-state index in [1.165, 1.54) is 11.1 Å². The van der Waals surface area contributed by atoms with Gasteiger partial charge in [-0.15, -0.1) is 11.3 Å². The highest BCUT2D eigenvalue weighted by Gasteiger charge is 2.16. The van der Waals surface area contributed by atoms with Crippen LogP contribution in [0.25, 0.3) is 0 Å². The molecule has 0 saturated heterocycles. The van der Waals surface area contributed by atoms with Crippen LogP contribution in [0.2, 0.25) is 0 Å². The van der Waals surface area contributed by atoms with Crippen LogP contribution in [0, 0.1) is 13.8 Å². The van der Waals surface area contributed by atoms with Crippen molar-refractivity contribution in [2.75, 3.05) is 17.7 Å². The summed E-state index contributed by atoms with van der Waals surface area (Å²) in [4.78, 5) is 8.50. The van der Waals surface area contributed by atoms with Gasteiger partial charge in [0.15, 0.2) is 11.5 Å². The second-order valence-corrected chi connectivity index (χ2v) is 6.01. The van der Waals surface area contributed by atoms with Crippen molar-refractivity contribution in [2.45, 2.75) is 20.4 Å². The third-order valence-electron chi connectivity index (χ3n) is 3.63. The van der Waals surface area contributed by atoms with Gasteiger partial charge in [-0.2, -0.15) is 0 Å². The Bertz CT molecular complexity index is 840. The van der Waals surface area contributed by atoms with Gasteiger partial charge in [0.05, 0.1) is 17.7 Å². The quantitative estimate of drug-likeness (QED) is 0.547. The summed E-state index contributed by atoms with van der Waals surface area (Å²) in [5.41, 5.74) is 6.64. The zero-order valence-corrected chi connectivity index (χ0v) is 14.5. The van der Waals surface area contributed by atoms with Gasteiger partial charge in [-0.1, -0.05) is 6.07 Å². The van der Waals surface area contributed by atoms with E-state index in [4.69, 9.17) is 4.63 Å². The van der Waals surface area contributed by atoms with Crippen molar-refractivity contribution < 1.29 is 4.63 Å². The van der Waals surface area contributed by atoms with Crippen LogP contribution < -0.4 is 10.6 Å². The minimum Gasteiger partial charge on any atom is -0.360 e. The maximum atomic E-state index is 4.88. The van der Waals surface area contributed by atoms with Gasteiger partial charge in [0.1, 0.15) is 0 Å². The fourth-order valence-electron chi connectivity index (χ4n) is 2.14. The number of aryl methyl sites for hydroxylation is 2. The Labute approximate surface area is 143 Å². The average Bonchev–Trinajstić information content (AvgIpc) is 3.25. The molecule has 0 aliphatic rings. The fourth-order valence-corrected chi connectivity index (χ4v) is 2.69. The zero-order chi connectivity index (χ0) is 16.9. The van der Waals surface area contributed by atoms with E-state index in [1.807, 2.05) is 11.4 Å². The molecule has 0 aliphatic heterocycles. The fraction of sp³-hybridized carbons (Fsp3) is 0.250. The molecule has 7 nitrogen and oxygen atoms in total. The van der Waals surface area contributed by atoms with Crippen molar-refractivity contribution in [3.8, 4) is 0 Å². The molecule has 0 unspecified atom stereocenters. The molecule has 3 aromatic rings. The molecule has 124 valence electrons. The van der Waals surface area contributed by atoms with Crippen LogP contribution >= 0.6 is 11.3 Å². The molecular formula is C16H18N6OS. The van der Waals surface area contributed by atoms with E-state index in [9.17, 15) is 0 Å². The Morgan fingerprint density at radius 3 is 2.83 bits per heavy atom. The van der Waals surface area contributed by atoms with Gasteiger partial charge in [-0.3, -0.25) is 4.99 Å². The van der Waals surface area contributed by atoms with E-state index in [0.29, 0.717) is 23.9 Å². The van der Waals surface area contributed by atoms with E-state index in [0.717, 1.165) is 11.4 Å². The van der Waals surface area contributed by atoms with Crippen molar-refractivity contribution in [2.24, 2.45) is 4.99 Å². The van der Waals surface area contributed by atoms with Gasteiger partial charge in [0.2, 0.25) is 5.82 Å². The first-order valence-corrected chi connectivity index (χ1v) is 8.36. The lowest BCUT2D eigenvalue weighted by Crippen LogP contribution is -2.16. The Balaban J connectivity index is 1.76. The SMILES string of the molecule is CN=C(Nc1ccc(C)c(C)c1)c1nonc1NCc1cscn1. The normalized spacial score (nSPS) is 11.5. The van der Waals surface area contributed by atoms with Crippen LogP contribution in [0.4, 0.5) is 11.5 Å². The lowest BCUT2D eigenvalue weighted by Gasteiger charge is -2.10. The predicted molar refractivity (Wildman–Crippen MR) is 95.7 cm³/mol. The summed E-state index contributed by atoms with van der Waals surface area (Å²) in [5, 5.41) is 16.3. The minimum atomic E-state index is 0.528. The first kappa shape index (κ1) is 16.1. The third-order valence-corrected chi connectivity index (χ3v) is 4.26. The standard InChI is InChI=1S/C16H18N6OS/c1-10-4-5-12(6-11(10)2)20-15(17-3)14-16(22-23-21-14)18-7-13-8-24-9-19-13/h4-6,8-9H,7H2,1-3H3,(H,17,20)(H,18,22). The van der Waals surface area contributed by atoms with E-state index in [2.05, 4.69) is 56.9 Å². The molecule has 24 heavy (non-hydrogen) atoms. The number of rotatable bonds is 5. The van der Waals surface area contributed by atoms with Gasteiger partial charge in [-0.05, 0) is 47.4 Å². The largest absolute Gasteiger partial charge is 0.360 e. The summed E-state index contributed by atoms with van der Waals surface area (Å²) < 4.78 is 4.88. The smallest absolute Gasteiger partial charge is 0.202 e. The number of hydrogen-bond acceptors (Lipinski definition) is 7. The van der Waals surface area contributed by atoms with Gasteiger partial charge < -0.3 is 10.6 Å². The van der Waals surface area contributed by atoms with E-state index in [1.54, 1.807) is 23.9 Å². The lowest BCUT2D eigenvalue weighted by molar-refractivity contribution is 0.308. The molecule has 0 aliphatic carbocycles. The molecule has 0 fully saturated rings. The van der Waals surface area contributed by atoms with Crippen molar-refractivity contribution in [3.63, 3.8) is 0 Å². The second kappa shape index (κ2) is 7.22. The maximum absolute atomic E-state index is 4.88. The van der Waals surface area contributed by atoms with Crippen LogP contribution in [0.5, 0.6) is 0 Å². The highest BCUT2D eigenvalue weighted by molar-refractivity contribution is 7.07. The van der Waals surface area contributed by atoms with Crippen LogP contribution in [-0.2, 0) is 6.54 Å². The molecule has 2 aromatic heterocycles. The van der Waals surface area contributed by atoms with Crippen LogP contribution in [0.15, 0.2) is 38.7 Å². The van der Waals surface area contributed by atoms with Gasteiger partial charge in [0.25, 0.3) is 0 Å². The van der Waals surface area contributed by atoms with Crippen molar-refractivity contribution in [3.05, 3.63) is 51.6 Å². The molecule has 0 bridgehead atoms.